The molecule has 1 unspecified atom stereocenters. The minimum atomic E-state index is 0.377. The van der Waals surface area contributed by atoms with Crippen molar-refractivity contribution >= 4 is 0 Å². The third-order valence-corrected chi connectivity index (χ3v) is 3.15. The largest absolute Gasteiger partial charge is 0.311 e. The van der Waals surface area contributed by atoms with E-state index in [0.29, 0.717) is 5.54 Å². The minimum absolute atomic E-state index is 0.377. The maximum atomic E-state index is 4.03. The van der Waals surface area contributed by atoms with Gasteiger partial charge in [-0.1, -0.05) is 25.3 Å². The van der Waals surface area contributed by atoms with E-state index in [-0.39, 0.29) is 0 Å². The molecule has 0 aromatic rings. The molecule has 1 atom stereocenters. The van der Waals surface area contributed by atoms with Crippen LogP contribution in [-0.4, -0.2) is 12.1 Å². The Hall–Kier alpha value is -0.300. The average Bonchev–Trinajstić information content (AvgIpc) is 2.30. The van der Waals surface area contributed by atoms with E-state index in [1.54, 1.807) is 0 Å². The van der Waals surface area contributed by atoms with Crippen LogP contribution in [0.15, 0.2) is 12.2 Å². The molecular weight excluding hydrogens is 158 g/mol. The van der Waals surface area contributed by atoms with Crippen LogP contribution in [0.1, 0.15) is 52.4 Å². The highest BCUT2D eigenvalue weighted by atomic mass is 15.0. The Labute approximate surface area is 82.6 Å². The van der Waals surface area contributed by atoms with Gasteiger partial charge in [0, 0.05) is 5.54 Å². The monoisotopic (exact) mass is 181 g/mol. The Morgan fingerprint density at radius 3 is 2.77 bits per heavy atom. The summed E-state index contributed by atoms with van der Waals surface area (Å²) in [6.45, 7) is 9.66. The number of hydrogen-bond acceptors (Lipinski definition) is 1. The van der Waals surface area contributed by atoms with Crippen molar-refractivity contribution in [2.75, 3.05) is 6.54 Å². The Bertz CT molecular complexity index is 164. The predicted octanol–water partition coefficient (Wildman–Crippen LogP) is 3.27. The van der Waals surface area contributed by atoms with Crippen molar-refractivity contribution in [3.63, 3.8) is 0 Å². The van der Waals surface area contributed by atoms with Gasteiger partial charge in [-0.3, -0.25) is 0 Å². The van der Waals surface area contributed by atoms with Gasteiger partial charge in [0.2, 0.25) is 0 Å². The van der Waals surface area contributed by atoms with Gasteiger partial charge < -0.3 is 5.32 Å². The molecule has 0 radical (unpaired) electrons. The zero-order valence-corrected chi connectivity index (χ0v) is 9.16. The highest BCUT2D eigenvalue weighted by Gasteiger charge is 2.27. The fourth-order valence-electron chi connectivity index (χ4n) is 2.36. The maximum Gasteiger partial charge on any atom is 0.0215 e. The SMILES string of the molecule is C=C(C)CC1(CC)CCCCCN1. The van der Waals surface area contributed by atoms with E-state index in [9.17, 15) is 0 Å². The van der Waals surface area contributed by atoms with E-state index >= 15 is 0 Å². The first kappa shape index (κ1) is 10.8. The molecule has 76 valence electrons. The van der Waals surface area contributed by atoms with Gasteiger partial charge in [0.15, 0.2) is 0 Å². The lowest BCUT2D eigenvalue weighted by Gasteiger charge is -2.33. The fraction of sp³-hybridized carbons (Fsp3) is 0.833. The molecule has 1 nitrogen and oxygen atoms in total. The van der Waals surface area contributed by atoms with Gasteiger partial charge in [-0.15, -0.1) is 6.58 Å². The van der Waals surface area contributed by atoms with Crippen molar-refractivity contribution in [1.82, 2.24) is 5.32 Å². The van der Waals surface area contributed by atoms with Crippen LogP contribution in [0.4, 0.5) is 0 Å². The van der Waals surface area contributed by atoms with E-state index < -0.39 is 0 Å². The summed E-state index contributed by atoms with van der Waals surface area (Å²) in [5, 5.41) is 3.72. The molecule has 1 rings (SSSR count). The first-order valence-corrected chi connectivity index (χ1v) is 5.58. The molecule has 1 heteroatoms. The van der Waals surface area contributed by atoms with Crippen LogP contribution in [0.2, 0.25) is 0 Å². The molecule has 1 saturated heterocycles. The molecule has 0 aromatic carbocycles. The molecule has 1 heterocycles. The lowest BCUT2D eigenvalue weighted by Crippen LogP contribution is -2.44. The minimum Gasteiger partial charge on any atom is -0.311 e. The van der Waals surface area contributed by atoms with E-state index in [0.717, 1.165) is 6.42 Å². The zero-order valence-electron chi connectivity index (χ0n) is 9.16. The molecule has 13 heavy (non-hydrogen) atoms. The summed E-state index contributed by atoms with van der Waals surface area (Å²) in [6, 6.07) is 0. The van der Waals surface area contributed by atoms with Crippen molar-refractivity contribution in [3.05, 3.63) is 12.2 Å². The highest BCUT2D eigenvalue weighted by Crippen LogP contribution is 2.28. The summed E-state index contributed by atoms with van der Waals surface area (Å²) >= 11 is 0. The van der Waals surface area contributed by atoms with Crippen molar-refractivity contribution in [3.8, 4) is 0 Å². The van der Waals surface area contributed by atoms with E-state index in [1.165, 1.54) is 44.2 Å². The second-order valence-corrected chi connectivity index (χ2v) is 4.51. The van der Waals surface area contributed by atoms with E-state index in [4.69, 9.17) is 0 Å². The number of hydrogen-bond donors (Lipinski definition) is 1. The van der Waals surface area contributed by atoms with Gasteiger partial charge in [0.05, 0.1) is 0 Å². The summed E-state index contributed by atoms with van der Waals surface area (Å²) in [5.74, 6) is 0. The molecule has 1 aliphatic rings. The number of nitrogens with one attached hydrogen (secondary N) is 1. The van der Waals surface area contributed by atoms with Crippen molar-refractivity contribution in [2.24, 2.45) is 0 Å². The smallest absolute Gasteiger partial charge is 0.0215 e. The quantitative estimate of drug-likeness (QED) is 0.659. The van der Waals surface area contributed by atoms with Crippen molar-refractivity contribution in [2.45, 2.75) is 57.9 Å². The van der Waals surface area contributed by atoms with Gasteiger partial charge in [-0.25, -0.2) is 0 Å². The van der Waals surface area contributed by atoms with Crippen molar-refractivity contribution in [1.29, 1.82) is 0 Å². The summed E-state index contributed by atoms with van der Waals surface area (Å²) in [5.41, 5.74) is 1.69. The summed E-state index contributed by atoms with van der Waals surface area (Å²) < 4.78 is 0. The summed E-state index contributed by atoms with van der Waals surface area (Å²) in [7, 11) is 0. The third kappa shape index (κ3) is 3.15. The molecule has 1 aliphatic heterocycles. The Kier molecular flexibility index (Phi) is 3.98. The first-order valence-electron chi connectivity index (χ1n) is 5.58. The zero-order chi connectivity index (χ0) is 9.73. The second-order valence-electron chi connectivity index (χ2n) is 4.51. The van der Waals surface area contributed by atoms with Crippen LogP contribution in [0.25, 0.3) is 0 Å². The Balaban J connectivity index is 2.58. The topological polar surface area (TPSA) is 12.0 Å². The van der Waals surface area contributed by atoms with Gasteiger partial charge in [0.25, 0.3) is 0 Å². The summed E-state index contributed by atoms with van der Waals surface area (Å²) in [6.07, 6.45) is 7.84. The fourth-order valence-corrected chi connectivity index (χ4v) is 2.36. The Morgan fingerprint density at radius 1 is 1.38 bits per heavy atom. The van der Waals surface area contributed by atoms with E-state index in [1.807, 2.05) is 0 Å². The van der Waals surface area contributed by atoms with Crippen LogP contribution in [-0.2, 0) is 0 Å². The highest BCUT2D eigenvalue weighted by molar-refractivity contribution is 5.01. The molecule has 0 aromatic heterocycles. The van der Waals surface area contributed by atoms with Crippen LogP contribution in [0.3, 0.4) is 0 Å². The van der Waals surface area contributed by atoms with E-state index in [2.05, 4.69) is 25.7 Å². The maximum absolute atomic E-state index is 4.03. The predicted molar refractivity (Wildman–Crippen MR) is 58.9 cm³/mol. The Morgan fingerprint density at radius 2 is 2.15 bits per heavy atom. The van der Waals surface area contributed by atoms with Gasteiger partial charge in [-0.05, 0) is 39.2 Å². The lowest BCUT2D eigenvalue weighted by atomic mass is 9.85. The van der Waals surface area contributed by atoms with Crippen LogP contribution < -0.4 is 5.32 Å². The first-order chi connectivity index (χ1) is 6.18. The number of rotatable bonds is 3. The standard InChI is InChI=1S/C12H23N/c1-4-12(10-11(2)3)8-6-5-7-9-13-12/h13H,2,4-10H2,1,3H3. The normalized spacial score (nSPS) is 29.7. The third-order valence-electron chi connectivity index (χ3n) is 3.15. The lowest BCUT2D eigenvalue weighted by molar-refractivity contribution is 0.302. The summed E-state index contributed by atoms with van der Waals surface area (Å²) in [4.78, 5) is 0. The van der Waals surface area contributed by atoms with Gasteiger partial charge in [-0.2, -0.15) is 0 Å². The van der Waals surface area contributed by atoms with Crippen molar-refractivity contribution < 1.29 is 0 Å². The van der Waals surface area contributed by atoms with Crippen LogP contribution in [0.5, 0.6) is 0 Å². The molecular formula is C12H23N. The molecule has 0 amide bonds. The van der Waals surface area contributed by atoms with Crippen LogP contribution in [0, 0.1) is 0 Å². The average molecular weight is 181 g/mol. The molecule has 1 fully saturated rings. The van der Waals surface area contributed by atoms with Gasteiger partial charge in [0.1, 0.15) is 0 Å². The molecule has 0 spiro atoms. The molecule has 0 saturated carbocycles. The molecule has 0 bridgehead atoms. The van der Waals surface area contributed by atoms with Gasteiger partial charge >= 0.3 is 0 Å². The second kappa shape index (κ2) is 4.80. The van der Waals surface area contributed by atoms with Crippen LogP contribution >= 0.6 is 0 Å². The molecule has 0 aliphatic carbocycles. The molecule has 1 N–H and O–H groups in total.